The first-order valence-electron chi connectivity index (χ1n) is 7.95. The van der Waals surface area contributed by atoms with Crippen molar-refractivity contribution >= 4 is 6.03 Å². The van der Waals surface area contributed by atoms with Crippen LogP contribution in [0.25, 0.3) is 0 Å². The third-order valence-corrected chi connectivity index (χ3v) is 3.96. The molecule has 4 nitrogen and oxygen atoms in total. The molecule has 1 aliphatic heterocycles. The molecule has 2 amide bonds. The summed E-state index contributed by atoms with van der Waals surface area (Å²) in [5.41, 5.74) is 1.25. The zero-order chi connectivity index (χ0) is 15.1. The van der Waals surface area contributed by atoms with E-state index in [1.165, 1.54) is 5.56 Å². The van der Waals surface area contributed by atoms with Crippen LogP contribution in [-0.4, -0.2) is 42.8 Å². The second-order valence-electron chi connectivity index (χ2n) is 5.57. The molecule has 1 aromatic rings. The van der Waals surface area contributed by atoms with Crippen molar-refractivity contribution in [1.29, 1.82) is 0 Å². The summed E-state index contributed by atoms with van der Waals surface area (Å²) in [6, 6.07) is 10.3. The fourth-order valence-corrected chi connectivity index (χ4v) is 2.61. The number of carbonyl (C=O) groups is 1. The third-order valence-electron chi connectivity index (χ3n) is 3.96. The molecular weight excluding hydrogens is 264 g/mol. The highest BCUT2D eigenvalue weighted by Gasteiger charge is 2.28. The van der Waals surface area contributed by atoms with Gasteiger partial charge in [-0.15, -0.1) is 0 Å². The van der Waals surface area contributed by atoms with Gasteiger partial charge in [-0.2, -0.15) is 0 Å². The summed E-state index contributed by atoms with van der Waals surface area (Å²) in [4.78, 5) is 14.2. The molecule has 1 N–H and O–H groups in total. The first kappa shape index (κ1) is 15.8. The summed E-state index contributed by atoms with van der Waals surface area (Å²) in [7, 11) is 0. The smallest absolute Gasteiger partial charge is 0.317 e. The molecule has 1 aliphatic rings. The number of amides is 2. The van der Waals surface area contributed by atoms with Crippen molar-refractivity contribution in [3.8, 4) is 0 Å². The number of ether oxygens (including phenoxy) is 1. The molecule has 1 fully saturated rings. The molecule has 1 saturated heterocycles. The molecule has 21 heavy (non-hydrogen) atoms. The highest BCUT2D eigenvalue weighted by molar-refractivity contribution is 5.74. The molecule has 0 bridgehead atoms. The standard InChI is InChI=1S/C17H26N2O2/c1-3-15-12-19(13-16(4-2)21-15)17(20)18-11-10-14-8-6-5-7-9-14/h5-9,15-16H,3-4,10-13H2,1-2H3,(H,18,20)/t15-,16+. The SMILES string of the molecule is CC[C@@H]1CN(C(=O)NCCc2ccccc2)C[C@H](CC)O1. The van der Waals surface area contributed by atoms with Crippen LogP contribution < -0.4 is 5.32 Å². The Labute approximate surface area is 127 Å². The Morgan fingerprint density at radius 1 is 1.19 bits per heavy atom. The maximum atomic E-state index is 12.3. The first-order valence-corrected chi connectivity index (χ1v) is 7.95. The molecule has 2 atom stereocenters. The van der Waals surface area contributed by atoms with Gasteiger partial charge in [0.05, 0.1) is 12.2 Å². The van der Waals surface area contributed by atoms with Gasteiger partial charge in [0.1, 0.15) is 0 Å². The van der Waals surface area contributed by atoms with Crippen molar-refractivity contribution < 1.29 is 9.53 Å². The van der Waals surface area contributed by atoms with Crippen LogP contribution in [-0.2, 0) is 11.2 Å². The molecule has 0 unspecified atom stereocenters. The van der Waals surface area contributed by atoms with E-state index in [-0.39, 0.29) is 18.2 Å². The van der Waals surface area contributed by atoms with Crippen molar-refractivity contribution in [2.45, 2.75) is 45.3 Å². The molecular formula is C17H26N2O2. The van der Waals surface area contributed by atoms with E-state index in [9.17, 15) is 4.79 Å². The number of rotatable bonds is 5. The molecule has 0 radical (unpaired) electrons. The van der Waals surface area contributed by atoms with Crippen molar-refractivity contribution in [1.82, 2.24) is 10.2 Å². The third kappa shape index (κ3) is 4.74. The van der Waals surface area contributed by atoms with Crippen LogP contribution in [0.2, 0.25) is 0 Å². The predicted molar refractivity (Wildman–Crippen MR) is 84.4 cm³/mol. The number of morpholine rings is 1. The Morgan fingerprint density at radius 3 is 2.38 bits per heavy atom. The number of nitrogens with zero attached hydrogens (tertiary/aromatic N) is 1. The van der Waals surface area contributed by atoms with Crippen molar-refractivity contribution in [3.05, 3.63) is 35.9 Å². The van der Waals surface area contributed by atoms with Crippen molar-refractivity contribution in [2.75, 3.05) is 19.6 Å². The Kier molecular flexibility index (Phi) is 6.05. The summed E-state index contributed by atoms with van der Waals surface area (Å²) in [5.74, 6) is 0. The summed E-state index contributed by atoms with van der Waals surface area (Å²) >= 11 is 0. The van der Waals surface area contributed by atoms with Crippen LogP contribution in [0, 0.1) is 0 Å². The van der Waals surface area contributed by atoms with Crippen LogP contribution in [0.4, 0.5) is 4.79 Å². The van der Waals surface area contributed by atoms with Crippen LogP contribution in [0.3, 0.4) is 0 Å². The minimum absolute atomic E-state index is 0.0335. The lowest BCUT2D eigenvalue weighted by molar-refractivity contribution is -0.0742. The van der Waals surface area contributed by atoms with E-state index >= 15 is 0 Å². The van der Waals surface area contributed by atoms with Gasteiger partial charge in [-0.1, -0.05) is 44.2 Å². The molecule has 2 rings (SSSR count). The highest BCUT2D eigenvalue weighted by atomic mass is 16.5. The summed E-state index contributed by atoms with van der Waals surface area (Å²) in [6.45, 7) is 6.28. The molecule has 1 heterocycles. The second kappa shape index (κ2) is 8.03. The van der Waals surface area contributed by atoms with Crippen LogP contribution in [0.1, 0.15) is 32.3 Å². The van der Waals surface area contributed by atoms with E-state index in [0.29, 0.717) is 19.6 Å². The molecule has 116 valence electrons. The lowest BCUT2D eigenvalue weighted by Crippen LogP contribution is -2.53. The average Bonchev–Trinajstić information content (AvgIpc) is 2.55. The van der Waals surface area contributed by atoms with E-state index in [4.69, 9.17) is 4.74 Å². The van der Waals surface area contributed by atoms with E-state index in [1.54, 1.807) is 0 Å². The Bertz CT molecular complexity index is 424. The van der Waals surface area contributed by atoms with Gasteiger partial charge in [-0.25, -0.2) is 4.79 Å². The minimum Gasteiger partial charge on any atom is -0.371 e. The number of urea groups is 1. The van der Waals surface area contributed by atoms with Gasteiger partial charge >= 0.3 is 6.03 Å². The number of nitrogens with one attached hydrogen (secondary N) is 1. The van der Waals surface area contributed by atoms with Crippen molar-refractivity contribution in [3.63, 3.8) is 0 Å². The second-order valence-corrected chi connectivity index (χ2v) is 5.57. The van der Waals surface area contributed by atoms with E-state index in [2.05, 4.69) is 31.3 Å². The lowest BCUT2D eigenvalue weighted by atomic mass is 10.1. The van der Waals surface area contributed by atoms with Gasteiger partial charge in [-0.3, -0.25) is 0 Å². The Balaban J connectivity index is 1.79. The normalized spacial score (nSPS) is 22.1. The lowest BCUT2D eigenvalue weighted by Gasteiger charge is -2.37. The summed E-state index contributed by atoms with van der Waals surface area (Å²) in [5, 5.41) is 3.02. The number of hydrogen-bond donors (Lipinski definition) is 1. The van der Waals surface area contributed by atoms with Crippen LogP contribution >= 0.6 is 0 Å². The first-order chi connectivity index (χ1) is 10.2. The highest BCUT2D eigenvalue weighted by Crippen LogP contribution is 2.16. The maximum Gasteiger partial charge on any atom is 0.317 e. The van der Waals surface area contributed by atoms with Gasteiger partial charge in [0, 0.05) is 19.6 Å². The van der Waals surface area contributed by atoms with Crippen LogP contribution in [0.5, 0.6) is 0 Å². The fraction of sp³-hybridized carbons (Fsp3) is 0.588. The largest absolute Gasteiger partial charge is 0.371 e. The molecule has 0 saturated carbocycles. The van der Waals surface area contributed by atoms with Gasteiger partial charge < -0.3 is 15.0 Å². The van der Waals surface area contributed by atoms with Gasteiger partial charge in [0.25, 0.3) is 0 Å². The summed E-state index contributed by atoms with van der Waals surface area (Å²) < 4.78 is 5.92. The van der Waals surface area contributed by atoms with Crippen LogP contribution in [0.15, 0.2) is 30.3 Å². The topological polar surface area (TPSA) is 41.6 Å². The zero-order valence-corrected chi connectivity index (χ0v) is 13.0. The molecule has 0 aliphatic carbocycles. The van der Waals surface area contributed by atoms with Crippen molar-refractivity contribution in [2.24, 2.45) is 0 Å². The van der Waals surface area contributed by atoms with Gasteiger partial charge in [0.2, 0.25) is 0 Å². The zero-order valence-electron chi connectivity index (χ0n) is 13.0. The van der Waals surface area contributed by atoms with E-state index in [0.717, 1.165) is 19.3 Å². The maximum absolute atomic E-state index is 12.3. The molecule has 0 spiro atoms. The Morgan fingerprint density at radius 2 is 1.81 bits per heavy atom. The predicted octanol–water partition coefficient (Wildman–Crippen LogP) is 2.83. The quantitative estimate of drug-likeness (QED) is 0.906. The fourth-order valence-electron chi connectivity index (χ4n) is 2.61. The monoisotopic (exact) mass is 290 g/mol. The number of benzene rings is 1. The molecule has 0 aromatic heterocycles. The van der Waals surface area contributed by atoms with E-state index in [1.807, 2.05) is 23.1 Å². The van der Waals surface area contributed by atoms with Gasteiger partial charge in [-0.05, 0) is 24.8 Å². The number of carbonyl (C=O) groups excluding carboxylic acids is 1. The molecule has 1 aromatic carbocycles. The van der Waals surface area contributed by atoms with E-state index < -0.39 is 0 Å². The summed E-state index contributed by atoms with van der Waals surface area (Å²) in [6.07, 6.45) is 3.10. The van der Waals surface area contributed by atoms with Gasteiger partial charge in [0.15, 0.2) is 0 Å². The average molecular weight is 290 g/mol. The molecule has 4 heteroatoms. The number of hydrogen-bond acceptors (Lipinski definition) is 2. The Hall–Kier alpha value is -1.55. The minimum atomic E-state index is 0.0335.